The molecular weight excluding hydrogens is 264 g/mol. The zero-order chi connectivity index (χ0) is 13.6. The molecule has 1 aliphatic rings. The Bertz CT molecular complexity index is 471. The largest absolute Gasteiger partial charge is 0.493 e. The van der Waals surface area contributed by atoms with Crippen molar-refractivity contribution < 1.29 is 18.3 Å². The molecule has 100 valence electrons. The van der Waals surface area contributed by atoms with E-state index < -0.39 is 11.5 Å². The van der Waals surface area contributed by atoms with E-state index in [1.165, 1.54) is 14.2 Å². The van der Waals surface area contributed by atoms with Crippen molar-refractivity contribution in [2.45, 2.75) is 24.3 Å². The molecule has 0 spiro atoms. The van der Waals surface area contributed by atoms with Crippen LogP contribution < -0.4 is 15.2 Å². The van der Waals surface area contributed by atoms with Crippen LogP contribution in [0.15, 0.2) is 12.1 Å². The fraction of sp³-hybridized carbons (Fsp3) is 0.500. The van der Waals surface area contributed by atoms with E-state index in [1.54, 1.807) is 12.1 Å². The number of nitrogens with two attached hydrogens (primary N) is 1. The lowest BCUT2D eigenvalue weighted by Crippen LogP contribution is -2.55. The molecule has 2 N–H and O–H groups in total. The molecule has 0 aromatic heterocycles. The van der Waals surface area contributed by atoms with Gasteiger partial charge in [-0.3, -0.25) is 0 Å². The van der Waals surface area contributed by atoms with Crippen LogP contribution in [0.3, 0.4) is 0 Å². The van der Waals surface area contributed by atoms with Crippen molar-refractivity contribution in [2.24, 2.45) is 5.73 Å². The van der Waals surface area contributed by atoms with E-state index in [0.29, 0.717) is 22.1 Å². The second-order valence-electron chi connectivity index (χ2n) is 4.56. The lowest BCUT2D eigenvalue weighted by Gasteiger charge is -2.45. The highest BCUT2D eigenvalue weighted by Crippen LogP contribution is 2.51. The fourth-order valence-electron chi connectivity index (χ4n) is 2.28. The van der Waals surface area contributed by atoms with Crippen molar-refractivity contribution >= 4 is 11.6 Å². The van der Waals surface area contributed by atoms with E-state index in [4.69, 9.17) is 26.8 Å². The molecule has 0 heterocycles. The predicted octanol–water partition coefficient (Wildman–Crippen LogP) is 2.94. The third-order valence-electron chi connectivity index (χ3n) is 3.16. The lowest BCUT2D eigenvalue weighted by molar-refractivity contribution is -0.125. The van der Waals surface area contributed by atoms with Crippen LogP contribution in [0.5, 0.6) is 11.5 Å². The first-order valence-electron chi connectivity index (χ1n) is 5.40. The lowest BCUT2D eigenvalue weighted by atomic mass is 9.70. The van der Waals surface area contributed by atoms with E-state index in [0.717, 1.165) is 0 Å². The average molecular weight is 278 g/mol. The SMILES string of the molecule is COc1cc(C2(N)CC(F)(F)C2)cc(Cl)c1OC. The highest BCUT2D eigenvalue weighted by Gasteiger charge is 2.55. The zero-order valence-corrected chi connectivity index (χ0v) is 10.9. The number of alkyl halides is 2. The van der Waals surface area contributed by atoms with Gasteiger partial charge in [0.2, 0.25) is 0 Å². The van der Waals surface area contributed by atoms with Crippen molar-refractivity contribution in [1.29, 1.82) is 0 Å². The Labute approximate surface area is 109 Å². The molecule has 1 fully saturated rings. The zero-order valence-electron chi connectivity index (χ0n) is 10.1. The molecule has 2 rings (SSSR count). The Kier molecular flexibility index (Phi) is 3.15. The normalized spacial score (nSPS) is 20.1. The van der Waals surface area contributed by atoms with Gasteiger partial charge in [-0.1, -0.05) is 11.6 Å². The van der Waals surface area contributed by atoms with E-state index in [1.807, 2.05) is 0 Å². The summed E-state index contributed by atoms with van der Waals surface area (Å²) >= 11 is 6.02. The number of rotatable bonds is 3. The van der Waals surface area contributed by atoms with Crippen molar-refractivity contribution in [1.82, 2.24) is 0 Å². The number of benzene rings is 1. The summed E-state index contributed by atoms with van der Waals surface area (Å²) in [5.41, 5.74) is 5.44. The van der Waals surface area contributed by atoms with Crippen molar-refractivity contribution in [3.05, 3.63) is 22.7 Å². The van der Waals surface area contributed by atoms with Gasteiger partial charge in [0.25, 0.3) is 5.92 Å². The maximum Gasteiger partial charge on any atom is 0.252 e. The van der Waals surface area contributed by atoms with Gasteiger partial charge in [0, 0.05) is 12.8 Å². The van der Waals surface area contributed by atoms with E-state index in [9.17, 15) is 8.78 Å². The van der Waals surface area contributed by atoms with Crippen LogP contribution in [0.1, 0.15) is 18.4 Å². The molecule has 1 aliphatic carbocycles. The molecule has 0 unspecified atom stereocenters. The van der Waals surface area contributed by atoms with Gasteiger partial charge in [0.05, 0.1) is 24.8 Å². The summed E-state index contributed by atoms with van der Waals surface area (Å²) in [5, 5.41) is 0.298. The summed E-state index contributed by atoms with van der Waals surface area (Å²) in [4.78, 5) is 0. The summed E-state index contributed by atoms with van der Waals surface area (Å²) in [6.07, 6.45) is -0.766. The minimum Gasteiger partial charge on any atom is -0.493 e. The Hall–Kier alpha value is -1.07. The number of halogens is 3. The third kappa shape index (κ3) is 2.12. The maximum absolute atomic E-state index is 13.0. The number of hydrogen-bond donors (Lipinski definition) is 1. The van der Waals surface area contributed by atoms with Gasteiger partial charge in [-0.05, 0) is 17.7 Å². The number of ether oxygens (including phenoxy) is 2. The van der Waals surface area contributed by atoms with E-state index in [2.05, 4.69) is 0 Å². The first-order valence-corrected chi connectivity index (χ1v) is 5.78. The summed E-state index contributed by atoms with van der Waals surface area (Å²) in [6.45, 7) is 0. The minimum atomic E-state index is -2.70. The monoisotopic (exact) mass is 277 g/mol. The first kappa shape index (κ1) is 13.4. The highest BCUT2D eigenvalue weighted by molar-refractivity contribution is 6.32. The maximum atomic E-state index is 13.0. The van der Waals surface area contributed by atoms with Crippen LogP contribution in [-0.4, -0.2) is 20.1 Å². The average Bonchev–Trinajstić information content (AvgIpc) is 2.25. The van der Waals surface area contributed by atoms with Crippen LogP contribution in [0, 0.1) is 0 Å². The van der Waals surface area contributed by atoms with Gasteiger partial charge in [0.1, 0.15) is 0 Å². The van der Waals surface area contributed by atoms with Gasteiger partial charge in [0.15, 0.2) is 11.5 Å². The second kappa shape index (κ2) is 4.24. The molecule has 1 aromatic carbocycles. The Morgan fingerprint density at radius 3 is 2.28 bits per heavy atom. The van der Waals surface area contributed by atoms with E-state index in [-0.39, 0.29) is 12.8 Å². The Balaban J connectivity index is 2.39. The summed E-state index contributed by atoms with van der Waals surface area (Å²) in [6, 6.07) is 3.15. The summed E-state index contributed by atoms with van der Waals surface area (Å²) < 4.78 is 36.2. The van der Waals surface area contributed by atoms with Gasteiger partial charge in [-0.15, -0.1) is 0 Å². The Morgan fingerprint density at radius 1 is 1.22 bits per heavy atom. The molecule has 0 atom stereocenters. The Morgan fingerprint density at radius 2 is 1.83 bits per heavy atom. The predicted molar refractivity (Wildman–Crippen MR) is 64.6 cm³/mol. The van der Waals surface area contributed by atoms with Gasteiger partial charge in [-0.2, -0.15) is 0 Å². The molecule has 0 aliphatic heterocycles. The smallest absolute Gasteiger partial charge is 0.252 e. The molecule has 3 nitrogen and oxygen atoms in total. The molecule has 6 heteroatoms. The van der Waals surface area contributed by atoms with Crippen LogP contribution in [0.25, 0.3) is 0 Å². The van der Waals surface area contributed by atoms with Crippen LogP contribution in [0.2, 0.25) is 5.02 Å². The first-order chi connectivity index (χ1) is 8.31. The van der Waals surface area contributed by atoms with Crippen molar-refractivity contribution in [3.63, 3.8) is 0 Å². The molecule has 0 amide bonds. The van der Waals surface area contributed by atoms with Crippen LogP contribution >= 0.6 is 11.6 Å². The standard InChI is InChI=1S/C12H14ClF2NO2/c1-17-9-4-7(3-8(13)10(9)18-2)11(16)5-12(14,15)6-11/h3-4H,5-6,16H2,1-2H3. The van der Waals surface area contributed by atoms with E-state index >= 15 is 0 Å². The molecule has 1 aromatic rings. The highest BCUT2D eigenvalue weighted by atomic mass is 35.5. The minimum absolute atomic E-state index is 0.298. The number of methoxy groups -OCH3 is 2. The molecule has 0 radical (unpaired) electrons. The van der Waals surface area contributed by atoms with Crippen molar-refractivity contribution in [3.8, 4) is 11.5 Å². The molecule has 0 saturated heterocycles. The number of hydrogen-bond acceptors (Lipinski definition) is 3. The third-order valence-corrected chi connectivity index (χ3v) is 3.44. The van der Waals surface area contributed by atoms with Gasteiger partial charge < -0.3 is 15.2 Å². The molecule has 18 heavy (non-hydrogen) atoms. The molecular formula is C12H14ClF2NO2. The molecule has 0 bridgehead atoms. The topological polar surface area (TPSA) is 44.5 Å². The van der Waals surface area contributed by atoms with Gasteiger partial charge in [-0.25, -0.2) is 8.78 Å². The molecule has 1 saturated carbocycles. The summed E-state index contributed by atoms with van der Waals surface area (Å²) in [5.74, 6) is -1.94. The van der Waals surface area contributed by atoms with Crippen LogP contribution in [-0.2, 0) is 5.54 Å². The quantitative estimate of drug-likeness (QED) is 0.924. The second-order valence-corrected chi connectivity index (χ2v) is 4.97. The fourth-order valence-corrected chi connectivity index (χ4v) is 2.57. The summed E-state index contributed by atoms with van der Waals surface area (Å²) in [7, 11) is 2.91. The van der Waals surface area contributed by atoms with Crippen LogP contribution in [0.4, 0.5) is 8.78 Å². The van der Waals surface area contributed by atoms with Gasteiger partial charge >= 0.3 is 0 Å². The van der Waals surface area contributed by atoms with Crippen molar-refractivity contribution in [2.75, 3.05) is 14.2 Å².